The molecule has 0 aliphatic rings. The summed E-state index contributed by atoms with van der Waals surface area (Å²) in [6.07, 6.45) is 0. The third-order valence-corrected chi connectivity index (χ3v) is 2.53. The standard InChI is InChI=1S/C13H20O2.C2H6/c1-11-4-6-12(7-5-11)13(2,3)10-15-9-8-14;1-2/h4-7,14H,8-10H2,1-3H3;1-2H3. The summed E-state index contributed by atoms with van der Waals surface area (Å²) < 4.78 is 5.38. The maximum atomic E-state index is 8.65. The van der Waals surface area contributed by atoms with Crippen molar-refractivity contribution in [3.05, 3.63) is 35.4 Å². The summed E-state index contributed by atoms with van der Waals surface area (Å²) >= 11 is 0. The minimum atomic E-state index is 0.00285. The molecular formula is C15H26O2. The Hall–Kier alpha value is -0.860. The molecule has 0 aliphatic carbocycles. The maximum Gasteiger partial charge on any atom is 0.0698 e. The number of aliphatic hydroxyl groups is 1. The van der Waals surface area contributed by atoms with Crippen LogP contribution in [0.5, 0.6) is 0 Å². The van der Waals surface area contributed by atoms with Crippen molar-refractivity contribution in [3.8, 4) is 0 Å². The van der Waals surface area contributed by atoms with E-state index in [1.165, 1.54) is 11.1 Å². The van der Waals surface area contributed by atoms with Gasteiger partial charge in [0.1, 0.15) is 0 Å². The lowest BCUT2D eigenvalue weighted by Crippen LogP contribution is -2.25. The zero-order valence-corrected chi connectivity index (χ0v) is 11.8. The smallest absolute Gasteiger partial charge is 0.0698 e. The van der Waals surface area contributed by atoms with Gasteiger partial charge in [0.05, 0.1) is 19.8 Å². The van der Waals surface area contributed by atoms with Gasteiger partial charge in [-0.3, -0.25) is 0 Å². The Bertz CT molecular complexity index is 288. The topological polar surface area (TPSA) is 29.5 Å². The van der Waals surface area contributed by atoms with Gasteiger partial charge in [-0.1, -0.05) is 57.5 Å². The first-order valence-corrected chi connectivity index (χ1v) is 6.32. The van der Waals surface area contributed by atoms with Crippen LogP contribution in [0.2, 0.25) is 0 Å². The summed E-state index contributed by atoms with van der Waals surface area (Å²) in [4.78, 5) is 0. The fraction of sp³-hybridized carbons (Fsp3) is 0.600. The lowest BCUT2D eigenvalue weighted by molar-refractivity contribution is 0.0642. The van der Waals surface area contributed by atoms with Gasteiger partial charge in [-0.25, -0.2) is 0 Å². The second-order valence-electron chi connectivity index (χ2n) is 4.53. The molecule has 1 aromatic carbocycles. The van der Waals surface area contributed by atoms with Crippen LogP contribution in [0.1, 0.15) is 38.8 Å². The molecule has 0 fully saturated rings. The Kier molecular flexibility index (Phi) is 7.85. The molecule has 0 bridgehead atoms. The van der Waals surface area contributed by atoms with Crippen LogP contribution < -0.4 is 0 Å². The first-order chi connectivity index (χ1) is 8.06. The largest absolute Gasteiger partial charge is 0.394 e. The van der Waals surface area contributed by atoms with E-state index in [1.54, 1.807) is 0 Å². The fourth-order valence-electron chi connectivity index (χ4n) is 1.48. The van der Waals surface area contributed by atoms with Gasteiger partial charge in [-0.05, 0) is 12.5 Å². The van der Waals surface area contributed by atoms with Gasteiger partial charge in [-0.2, -0.15) is 0 Å². The van der Waals surface area contributed by atoms with E-state index in [0.717, 1.165) is 0 Å². The summed E-state index contributed by atoms with van der Waals surface area (Å²) in [5.74, 6) is 0. The van der Waals surface area contributed by atoms with Crippen molar-refractivity contribution in [2.45, 2.75) is 40.0 Å². The van der Waals surface area contributed by atoms with Gasteiger partial charge in [-0.15, -0.1) is 0 Å². The molecule has 0 unspecified atom stereocenters. The SMILES string of the molecule is CC.Cc1ccc(C(C)(C)COCCO)cc1. The van der Waals surface area contributed by atoms with Crippen LogP contribution in [0.4, 0.5) is 0 Å². The summed E-state index contributed by atoms with van der Waals surface area (Å²) in [6, 6.07) is 8.50. The van der Waals surface area contributed by atoms with E-state index < -0.39 is 0 Å². The van der Waals surface area contributed by atoms with Crippen LogP contribution in [-0.2, 0) is 10.2 Å². The van der Waals surface area contributed by atoms with Crippen molar-refractivity contribution in [3.63, 3.8) is 0 Å². The molecule has 0 spiro atoms. The number of rotatable bonds is 5. The molecule has 17 heavy (non-hydrogen) atoms. The molecule has 1 rings (SSSR count). The minimum absolute atomic E-state index is 0.00285. The molecule has 98 valence electrons. The minimum Gasteiger partial charge on any atom is -0.394 e. The number of hydrogen-bond donors (Lipinski definition) is 1. The first kappa shape index (κ1) is 16.1. The molecule has 2 nitrogen and oxygen atoms in total. The molecule has 0 amide bonds. The van der Waals surface area contributed by atoms with Crippen LogP contribution in [-0.4, -0.2) is 24.9 Å². The van der Waals surface area contributed by atoms with E-state index in [0.29, 0.717) is 13.2 Å². The number of hydrogen-bond acceptors (Lipinski definition) is 2. The molecule has 0 heterocycles. The van der Waals surface area contributed by atoms with Crippen LogP contribution >= 0.6 is 0 Å². The van der Waals surface area contributed by atoms with Crippen molar-refractivity contribution in [2.24, 2.45) is 0 Å². The average molecular weight is 238 g/mol. The molecule has 2 heteroatoms. The fourth-order valence-corrected chi connectivity index (χ4v) is 1.48. The summed E-state index contributed by atoms with van der Waals surface area (Å²) in [7, 11) is 0. The maximum absolute atomic E-state index is 8.65. The van der Waals surface area contributed by atoms with Crippen molar-refractivity contribution < 1.29 is 9.84 Å². The van der Waals surface area contributed by atoms with Crippen molar-refractivity contribution in [2.75, 3.05) is 19.8 Å². The predicted octanol–water partition coefficient (Wildman–Crippen LogP) is 3.31. The molecule has 0 radical (unpaired) electrons. The molecule has 0 saturated heterocycles. The van der Waals surface area contributed by atoms with Gasteiger partial charge >= 0.3 is 0 Å². The highest BCUT2D eigenvalue weighted by Crippen LogP contribution is 2.23. The second-order valence-corrected chi connectivity index (χ2v) is 4.53. The van der Waals surface area contributed by atoms with Gasteiger partial charge < -0.3 is 9.84 Å². The zero-order valence-electron chi connectivity index (χ0n) is 11.8. The van der Waals surface area contributed by atoms with E-state index >= 15 is 0 Å². The molecule has 1 aromatic rings. The van der Waals surface area contributed by atoms with Crippen LogP contribution in [0.3, 0.4) is 0 Å². The molecule has 0 aliphatic heterocycles. The van der Waals surface area contributed by atoms with E-state index in [2.05, 4.69) is 45.0 Å². The average Bonchev–Trinajstić information content (AvgIpc) is 2.32. The number of benzene rings is 1. The first-order valence-electron chi connectivity index (χ1n) is 6.32. The van der Waals surface area contributed by atoms with E-state index in [-0.39, 0.29) is 12.0 Å². The normalized spacial score (nSPS) is 10.7. The van der Waals surface area contributed by atoms with E-state index in [1.807, 2.05) is 13.8 Å². The van der Waals surface area contributed by atoms with Crippen molar-refractivity contribution >= 4 is 0 Å². The van der Waals surface area contributed by atoms with Gasteiger partial charge in [0.2, 0.25) is 0 Å². The molecular weight excluding hydrogens is 212 g/mol. The highest BCUT2D eigenvalue weighted by Gasteiger charge is 2.20. The predicted molar refractivity (Wildman–Crippen MR) is 73.5 cm³/mol. The zero-order chi connectivity index (χ0) is 13.3. The molecule has 0 saturated carbocycles. The van der Waals surface area contributed by atoms with Crippen LogP contribution in [0, 0.1) is 6.92 Å². The Balaban J connectivity index is 0.00000121. The molecule has 0 atom stereocenters. The quantitative estimate of drug-likeness (QED) is 0.797. The van der Waals surface area contributed by atoms with E-state index in [9.17, 15) is 0 Å². The van der Waals surface area contributed by atoms with Gasteiger partial charge in [0.15, 0.2) is 0 Å². The summed E-state index contributed by atoms with van der Waals surface area (Å²) in [5.41, 5.74) is 2.54. The molecule has 0 aromatic heterocycles. The lowest BCUT2D eigenvalue weighted by Gasteiger charge is -2.25. The number of aliphatic hydroxyl groups excluding tert-OH is 1. The molecule has 1 N–H and O–H groups in total. The Morgan fingerprint density at radius 2 is 1.65 bits per heavy atom. The van der Waals surface area contributed by atoms with Crippen molar-refractivity contribution in [1.82, 2.24) is 0 Å². The van der Waals surface area contributed by atoms with E-state index in [4.69, 9.17) is 9.84 Å². The Morgan fingerprint density at radius 3 is 2.12 bits per heavy atom. The number of ether oxygens (including phenoxy) is 1. The second kappa shape index (κ2) is 8.26. The summed E-state index contributed by atoms with van der Waals surface area (Å²) in [6.45, 7) is 11.5. The highest BCUT2D eigenvalue weighted by atomic mass is 16.5. The third kappa shape index (κ3) is 5.85. The Labute approximate surface area is 106 Å². The third-order valence-electron chi connectivity index (χ3n) is 2.53. The number of aryl methyl sites for hydroxylation is 1. The highest BCUT2D eigenvalue weighted by molar-refractivity contribution is 5.27. The van der Waals surface area contributed by atoms with Crippen LogP contribution in [0.15, 0.2) is 24.3 Å². The van der Waals surface area contributed by atoms with Gasteiger partial charge in [0, 0.05) is 5.41 Å². The van der Waals surface area contributed by atoms with Crippen molar-refractivity contribution in [1.29, 1.82) is 0 Å². The summed E-state index contributed by atoms with van der Waals surface area (Å²) in [5, 5.41) is 8.65. The van der Waals surface area contributed by atoms with Gasteiger partial charge in [0.25, 0.3) is 0 Å². The van der Waals surface area contributed by atoms with Crippen LogP contribution in [0.25, 0.3) is 0 Å². The lowest BCUT2D eigenvalue weighted by atomic mass is 9.85. The monoisotopic (exact) mass is 238 g/mol. The Morgan fingerprint density at radius 1 is 1.12 bits per heavy atom.